The quantitative estimate of drug-likeness (QED) is 0.862. The van der Waals surface area contributed by atoms with Crippen LogP contribution in [0.3, 0.4) is 0 Å². The number of rotatable bonds is 4. The van der Waals surface area contributed by atoms with Gasteiger partial charge in [0.05, 0.1) is 25.6 Å². The monoisotopic (exact) mass is 395 g/mol. The van der Waals surface area contributed by atoms with Crippen molar-refractivity contribution in [3.63, 3.8) is 0 Å². The van der Waals surface area contributed by atoms with Gasteiger partial charge in [-0.05, 0) is 36.2 Å². The number of methoxy groups -OCH3 is 2. The number of aryl methyl sites for hydroxylation is 1. The Morgan fingerprint density at radius 2 is 1.72 bits per heavy atom. The predicted molar refractivity (Wildman–Crippen MR) is 111 cm³/mol. The van der Waals surface area contributed by atoms with Gasteiger partial charge in [-0.3, -0.25) is 9.59 Å². The fraction of sp³-hybridized carbons (Fsp3) is 0.364. The van der Waals surface area contributed by atoms with Crippen LogP contribution >= 0.6 is 0 Å². The molecule has 0 bridgehead atoms. The number of nitrogens with one attached hydrogen (secondary N) is 1. The van der Waals surface area contributed by atoms with Gasteiger partial charge in [-0.2, -0.15) is 0 Å². The molecule has 1 N–H and O–H groups in total. The highest BCUT2D eigenvalue weighted by Gasteiger charge is 2.26. The van der Waals surface area contributed by atoms with Crippen LogP contribution in [0.4, 0.5) is 11.4 Å². The Labute approximate surface area is 170 Å². The zero-order valence-electron chi connectivity index (χ0n) is 16.7. The number of benzene rings is 2. The van der Waals surface area contributed by atoms with E-state index in [1.165, 1.54) is 5.56 Å². The van der Waals surface area contributed by atoms with E-state index in [0.29, 0.717) is 49.7 Å². The second-order valence-electron chi connectivity index (χ2n) is 7.21. The lowest BCUT2D eigenvalue weighted by Gasteiger charge is -2.37. The van der Waals surface area contributed by atoms with Crippen LogP contribution in [-0.4, -0.2) is 57.1 Å². The normalized spacial score (nSPS) is 16.1. The van der Waals surface area contributed by atoms with E-state index in [-0.39, 0.29) is 11.8 Å². The highest BCUT2D eigenvalue weighted by atomic mass is 16.5. The van der Waals surface area contributed by atoms with Gasteiger partial charge in [0, 0.05) is 38.2 Å². The molecule has 0 aromatic heterocycles. The molecular weight excluding hydrogens is 370 g/mol. The number of hydrogen-bond acceptors (Lipinski definition) is 5. The topological polar surface area (TPSA) is 71.1 Å². The van der Waals surface area contributed by atoms with Crippen LogP contribution in [0, 0.1) is 0 Å². The maximum absolute atomic E-state index is 12.9. The van der Waals surface area contributed by atoms with Crippen LogP contribution in [-0.2, 0) is 11.2 Å². The SMILES string of the molecule is COc1ccc(C(=O)N2CCN(c3cccc4c3NC(=O)CC4)CC2)cc1OC. The maximum Gasteiger partial charge on any atom is 0.254 e. The van der Waals surface area contributed by atoms with E-state index in [2.05, 4.69) is 16.3 Å². The van der Waals surface area contributed by atoms with E-state index in [0.717, 1.165) is 17.8 Å². The molecule has 29 heavy (non-hydrogen) atoms. The number of piperazine rings is 1. The minimum Gasteiger partial charge on any atom is -0.493 e. The van der Waals surface area contributed by atoms with Gasteiger partial charge in [0.15, 0.2) is 11.5 Å². The first-order valence-electron chi connectivity index (χ1n) is 9.78. The molecule has 1 saturated heterocycles. The van der Waals surface area contributed by atoms with Gasteiger partial charge in [-0.15, -0.1) is 0 Å². The summed E-state index contributed by atoms with van der Waals surface area (Å²) in [4.78, 5) is 28.9. The molecule has 2 heterocycles. The zero-order chi connectivity index (χ0) is 20.4. The summed E-state index contributed by atoms with van der Waals surface area (Å²) in [6.45, 7) is 2.66. The number of hydrogen-bond donors (Lipinski definition) is 1. The van der Waals surface area contributed by atoms with Crippen molar-refractivity contribution in [2.24, 2.45) is 0 Å². The summed E-state index contributed by atoms with van der Waals surface area (Å²) in [6, 6.07) is 11.4. The molecule has 0 spiro atoms. The third-order valence-corrected chi connectivity index (χ3v) is 5.55. The van der Waals surface area contributed by atoms with E-state index in [9.17, 15) is 9.59 Å². The number of fused-ring (bicyclic) bond motifs is 1. The van der Waals surface area contributed by atoms with Crippen molar-refractivity contribution >= 4 is 23.2 Å². The molecule has 0 radical (unpaired) electrons. The minimum atomic E-state index is -0.0194. The van der Waals surface area contributed by atoms with Gasteiger partial charge < -0.3 is 24.6 Å². The molecule has 7 nitrogen and oxygen atoms in total. The zero-order valence-corrected chi connectivity index (χ0v) is 16.7. The first-order valence-corrected chi connectivity index (χ1v) is 9.78. The predicted octanol–water partition coefficient (Wildman–Crippen LogP) is 2.55. The molecule has 0 atom stereocenters. The molecule has 4 rings (SSSR count). The number of nitrogens with zero attached hydrogens (tertiary/aromatic N) is 2. The molecule has 2 amide bonds. The average molecular weight is 395 g/mol. The summed E-state index contributed by atoms with van der Waals surface area (Å²) in [5, 5.41) is 3.02. The Morgan fingerprint density at radius 3 is 2.45 bits per heavy atom. The number of amides is 2. The maximum atomic E-state index is 12.9. The Hall–Kier alpha value is -3.22. The van der Waals surface area contributed by atoms with Crippen molar-refractivity contribution in [3.05, 3.63) is 47.5 Å². The van der Waals surface area contributed by atoms with Crippen LogP contribution in [0.2, 0.25) is 0 Å². The number of carbonyl (C=O) groups is 2. The van der Waals surface area contributed by atoms with Gasteiger partial charge in [-0.25, -0.2) is 0 Å². The fourth-order valence-electron chi connectivity index (χ4n) is 3.96. The second kappa shape index (κ2) is 8.03. The summed E-state index contributed by atoms with van der Waals surface area (Å²) in [5.41, 5.74) is 3.71. The summed E-state index contributed by atoms with van der Waals surface area (Å²) >= 11 is 0. The Morgan fingerprint density at radius 1 is 0.966 bits per heavy atom. The van der Waals surface area contributed by atoms with Crippen LogP contribution < -0.4 is 19.7 Å². The molecule has 7 heteroatoms. The van der Waals surface area contributed by atoms with Crippen molar-refractivity contribution in [1.82, 2.24) is 4.90 Å². The van der Waals surface area contributed by atoms with E-state index in [1.54, 1.807) is 32.4 Å². The summed E-state index contributed by atoms with van der Waals surface area (Å²) in [6.07, 6.45) is 1.30. The van der Waals surface area contributed by atoms with E-state index >= 15 is 0 Å². The lowest BCUT2D eigenvalue weighted by molar-refractivity contribution is -0.116. The molecule has 0 unspecified atom stereocenters. The highest BCUT2D eigenvalue weighted by molar-refractivity contribution is 5.98. The third kappa shape index (κ3) is 3.72. The fourth-order valence-corrected chi connectivity index (χ4v) is 3.96. The van der Waals surface area contributed by atoms with E-state index < -0.39 is 0 Å². The lowest BCUT2D eigenvalue weighted by Crippen LogP contribution is -2.49. The Kier molecular flexibility index (Phi) is 5.29. The molecule has 2 aromatic rings. The van der Waals surface area contributed by atoms with Gasteiger partial charge in [0.25, 0.3) is 5.91 Å². The van der Waals surface area contributed by atoms with Crippen LogP contribution in [0.25, 0.3) is 0 Å². The van der Waals surface area contributed by atoms with Crippen molar-refractivity contribution in [1.29, 1.82) is 0 Å². The Balaban J connectivity index is 1.46. The van der Waals surface area contributed by atoms with Gasteiger partial charge in [0.2, 0.25) is 5.91 Å². The van der Waals surface area contributed by atoms with Gasteiger partial charge >= 0.3 is 0 Å². The van der Waals surface area contributed by atoms with Crippen molar-refractivity contribution < 1.29 is 19.1 Å². The van der Waals surface area contributed by atoms with Crippen molar-refractivity contribution in [2.45, 2.75) is 12.8 Å². The van der Waals surface area contributed by atoms with E-state index in [1.807, 2.05) is 17.0 Å². The van der Waals surface area contributed by atoms with E-state index in [4.69, 9.17) is 9.47 Å². The van der Waals surface area contributed by atoms with Crippen molar-refractivity contribution in [2.75, 3.05) is 50.6 Å². The van der Waals surface area contributed by atoms with Crippen LogP contribution in [0.15, 0.2) is 36.4 Å². The van der Waals surface area contributed by atoms with Crippen molar-refractivity contribution in [3.8, 4) is 11.5 Å². The smallest absolute Gasteiger partial charge is 0.254 e. The molecule has 0 aliphatic carbocycles. The number of para-hydroxylation sites is 1. The lowest BCUT2D eigenvalue weighted by atomic mass is 10.0. The van der Waals surface area contributed by atoms with Gasteiger partial charge in [-0.1, -0.05) is 12.1 Å². The molecule has 2 aromatic carbocycles. The largest absolute Gasteiger partial charge is 0.493 e. The number of anilines is 2. The third-order valence-electron chi connectivity index (χ3n) is 5.55. The molecule has 2 aliphatic rings. The number of ether oxygens (including phenoxy) is 2. The first kappa shape index (κ1) is 19.1. The average Bonchev–Trinajstić information content (AvgIpc) is 2.77. The molecule has 2 aliphatic heterocycles. The minimum absolute atomic E-state index is 0.0194. The highest BCUT2D eigenvalue weighted by Crippen LogP contribution is 2.34. The molecular formula is C22H25N3O4. The standard InChI is InChI=1S/C22H25N3O4/c1-28-18-8-6-16(14-19(18)29-2)22(27)25-12-10-24(11-13-25)17-5-3-4-15-7-9-20(26)23-21(15)17/h3-6,8,14H,7,9-13H2,1-2H3,(H,23,26). The van der Waals surface area contributed by atoms with Crippen LogP contribution in [0.5, 0.6) is 11.5 Å². The summed E-state index contributed by atoms with van der Waals surface area (Å²) < 4.78 is 10.6. The molecule has 1 fully saturated rings. The first-order chi connectivity index (χ1) is 14.1. The summed E-state index contributed by atoms with van der Waals surface area (Å²) in [5.74, 6) is 1.19. The van der Waals surface area contributed by atoms with Crippen LogP contribution in [0.1, 0.15) is 22.3 Å². The molecule has 0 saturated carbocycles. The molecule has 152 valence electrons. The second-order valence-corrected chi connectivity index (χ2v) is 7.21. The Bertz CT molecular complexity index is 936. The van der Waals surface area contributed by atoms with Gasteiger partial charge in [0.1, 0.15) is 0 Å². The summed E-state index contributed by atoms with van der Waals surface area (Å²) in [7, 11) is 3.13. The number of carbonyl (C=O) groups excluding carboxylic acids is 2.